The molecule has 5 heteroatoms. The highest BCUT2D eigenvalue weighted by molar-refractivity contribution is 8.14. The third-order valence-electron chi connectivity index (χ3n) is 3.29. The predicted octanol–water partition coefficient (Wildman–Crippen LogP) is 2.43. The van der Waals surface area contributed by atoms with Crippen LogP contribution in [0, 0.1) is 0 Å². The second-order valence-corrected chi connectivity index (χ2v) is 5.87. The third kappa shape index (κ3) is 3.22. The van der Waals surface area contributed by atoms with Gasteiger partial charge < -0.3 is 15.0 Å². The zero-order valence-electron chi connectivity index (χ0n) is 11.1. The minimum atomic E-state index is 0.431. The van der Waals surface area contributed by atoms with Crippen LogP contribution >= 0.6 is 11.8 Å². The van der Waals surface area contributed by atoms with Crippen LogP contribution in [0.3, 0.4) is 0 Å². The zero-order chi connectivity index (χ0) is 13.1. The largest absolute Gasteiger partial charge is 0.378 e. The Balaban J connectivity index is 1.63. The van der Waals surface area contributed by atoms with Crippen LogP contribution in [0.15, 0.2) is 29.3 Å². The smallest absolute Gasteiger partial charge is 0.161 e. The number of nitrogens with one attached hydrogen (secondary N) is 1. The maximum atomic E-state index is 5.37. The molecule has 0 aromatic heterocycles. The van der Waals surface area contributed by atoms with E-state index in [9.17, 15) is 0 Å². The van der Waals surface area contributed by atoms with Crippen molar-refractivity contribution >= 4 is 28.3 Å². The van der Waals surface area contributed by atoms with Crippen LogP contribution < -0.4 is 10.2 Å². The highest BCUT2D eigenvalue weighted by Gasteiger charge is 2.14. The van der Waals surface area contributed by atoms with Crippen LogP contribution in [0.1, 0.15) is 6.92 Å². The second kappa shape index (κ2) is 5.84. The first-order valence-corrected chi connectivity index (χ1v) is 7.70. The lowest BCUT2D eigenvalue weighted by atomic mass is 10.2. The average Bonchev–Trinajstić information content (AvgIpc) is 2.86. The molecule has 1 N–H and O–H groups in total. The van der Waals surface area contributed by atoms with Crippen LogP contribution in [0.5, 0.6) is 0 Å². The third-order valence-corrected chi connectivity index (χ3v) is 4.42. The fraction of sp³-hybridized carbons (Fsp3) is 0.500. The first kappa shape index (κ1) is 12.8. The maximum Gasteiger partial charge on any atom is 0.161 e. The number of benzene rings is 1. The minimum Gasteiger partial charge on any atom is -0.378 e. The molecule has 102 valence electrons. The van der Waals surface area contributed by atoms with Gasteiger partial charge in [-0.25, -0.2) is 0 Å². The summed E-state index contributed by atoms with van der Waals surface area (Å²) in [6, 6.07) is 9.00. The van der Waals surface area contributed by atoms with Gasteiger partial charge in [-0.2, -0.15) is 0 Å². The van der Waals surface area contributed by atoms with Crippen LogP contribution in [-0.2, 0) is 4.74 Å². The molecule has 4 nitrogen and oxygen atoms in total. The van der Waals surface area contributed by atoms with E-state index in [4.69, 9.17) is 4.74 Å². The summed E-state index contributed by atoms with van der Waals surface area (Å²) in [6.45, 7) is 5.75. The maximum absolute atomic E-state index is 5.37. The number of ether oxygens (including phenoxy) is 1. The summed E-state index contributed by atoms with van der Waals surface area (Å²) in [5.74, 6) is 1.08. The molecule has 0 amide bonds. The molecule has 1 fully saturated rings. The summed E-state index contributed by atoms with van der Waals surface area (Å²) in [7, 11) is 0. The van der Waals surface area contributed by atoms with Gasteiger partial charge in [-0.1, -0.05) is 11.8 Å². The van der Waals surface area contributed by atoms with Crippen molar-refractivity contribution in [2.24, 2.45) is 4.99 Å². The Morgan fingerprint density at radius 2 is 2.00 bits per heavy atom. The standard InChI is InChI=1S/C14H19N3OS/c1-11-10-19-14(15-11)16-12-2-4-13(5-3-12)17-6-8-18-9-7-17/h2-5,11H,6-10H2,1H3,(H,15,16). The van der Waals surface area contributed by atoms with Crippen molar-refractivity contribution in [2.45, 2.75) is 13.0 Å². The molecule has 1 aromatic rings. The monoisotopic (exact) mass is 277 g/mol. The normalized spacial score (nSPS) is 23.3. The van der Waals surface area contributed by atoms with E-state index in [1.807, 2.05) is 0 Å². The van der Waals surface area contributed by atoms with Gasteiger partial charge in [0.05, 0.1) is 19.3 Å². The van der Waals surface area contributed by atoms with Crippen LogP contribution in [-0.4, -0.2) is 43.3 Å². The molecule has 1 saturated heterocycles. The molecule has 3 rings (SSSR count). The van der Waals surface area contributed by atoms with Crippen molar-refractivity contribution in [3.05, 3.63) is 24.3 Å². The molecule has 1 atom stereocenters. The first-order chi connectivity index (χ1) is 9.31. The van der Waals surface area contributed by atoms with E-state index >= 15 is 0 Å². The van der Waals surface area contributed by atoms with Gasteiger partial charge in [-0.05, 0) is 31.2 Å². The highest BCUT2D eigenvalue weighted by atomic mass is 32.2. The van der Waals surface area contributed by atoms with Crippen molar-refractivity contribution in [3.8, 4) is 0 Å². The Hall–Kier alpha value is -1.20. The molecule has 19 heavy (non-hydrogen) atoms. The Kier molecular flexibility index (Phi) is 3.94. The molecule has 1 unspecified atom stereocenters. The van der Waals surface area contributed by atoms with Gasteiger partial charge >= 0.3 is 0 Å². The summed E-state index contributed by atoms with van der Waals surface area (Å²) in [5.41, 5.74) is 2.38. The summed E-state index contributed by atoms with van der Waals surface area (Å²) in [4.78, 5) is 6.90. The van der Waals surface area contributed by atoms with Crippen LogP contribution in [0.2, 0.25) is 0 Å². The van der Waals surface area contributed by atoms with Crippen molar-refractivity contribution in [1.82, 2.24) is 0 Å². The quantitative estimate of drug-likeness (QED) is 0.901. The van der Waals surface area contributed by atoms with E-state index in [-0.39, 0.29) is 0 Å². The SMILES string of the molecule is CC1CSC(Nc2ccc(N3CCOCC3)cc2)=N1. The van der Waals surface area contributed by atoms with E-state index in [1.165, 1.54) is 5.69 Å². The molecular formula is C14H19N3OS. The molecule has 0 spiro atoms. The second-order valence-electron chi connectivity index (χ2n) is 4.87. The molecule has 0 aliphatic carbocycles. The van der Waals surface area contributed by atoms with Gasteiger partial charge in [-0.15, -0.1) is 0 Å². The molecule has 0 radical (unpaired) electrons. The van der Waals surface area contributed by atoms with E-state index < -0.39 is 0 Å². The van der Waals surface area contributed by atoms with Gasteiger partial charge in [0.1, 0.15) is 0 Å². The lowest BCUT2D eigenvalue weighted by Gasteiger charge is -2.28. The van der Waals surface area contributed by atoms with E-state index in [1.54, 1.807) is 11.8 Å². The van der Waals surface area contributed by atoms with Gasteiger partial charge in [0.25, 0.3) is 0 Å². The summed E-state index contributed by atoms with van der Waals surface area (Å²) >= 11 is 1.79. The van der Waals surface area contributed by atoms with Crippen molar-refractivity contribution in [1.29, 1.82) is 0 Å². The summed E-state index contributed by atoms with van der Waals surface area (Å²) in [6.07, 6.45) is 0. The molecule has 0 bridgehead atoms. The predicted molar refractivity (Wildman–Crippen MR) is 82.5 cm³/mol. The minimum absolute atomic E-state index is 0.431. The number of nitrogens with zero attached hydrogens (tertiary/aromatic N) is 2. The number of amidine groups is 1. The molecule has 2 heterocycles. The molecule has 2 aliphatic rings. The van der Waals surface area contributed by atoms with Gasteiger partial charge in [0.15, 0.2) is 5.17 Å². The summed E-state index contributed by atoms with van der Waals surface area (Å²) in [5, 5.41) is 4.41. The topological polar surface area (TPSA) is 36.9 Å². The fourth-order valence-corrected chi connectivity index (χ4v) is 3.16. The van der Waals surface area contributed by atoms with Gasteiger partial charge in [-0.3, -0.25) is 4.99 Å². The number of rotatable bonds is 2. The Labute approximate surface area is 118 Å². The molecule has 2 aliphatic heterocycles. The fourth-order valence-electron chi connectivity index (χ4n) is 2.24. The van der Waals surface area contributed by atoms with Gasteiger partial charge in [0.2, 0.25) is 0 Å². The van der Waals surface area contributed by atoms with Crippen molar-refractivity contribution in [3.63, 3.8) is 0 Å². The van der Waals surface area contributed by atoms with E-state index in [0.717, 1.165) is 42.9 Å². The molecular weight excluding hydrogens is 258 g/mol. The Bertz CT molecular complexity index is 454. The number of anilines is 2. The lowest BCUT2D eigenvalue weighted by Crippen LogP contribution is -2.36. The molecule has 0 saturated carbocycles. The molecule has 1 aromatic carbocycles. The average molecular weight is 277 g/mol. The number of thioether (sulfide) groups is 1. The highest BCUT2D eigenvalue weighted by Crippen LogP contribution is 2.22. The first-order valence-electron chi connectivity index (χ1n) is 6.71. The Morgan fingerprint density at radius 1 is 1.26 bits per heavy atom. The van der Waals surface area contributed by atoms with Crippen LogP contribution in [0.25, 0.3) is 0 Å². The number of hydrogen-bond acceptors (Lipinski definition) is 5. The van der Waals surface area contributed by atoms with Crippen LogP contribution in [0.4, 0.5) is 11.4 Å². The number of aliphatic imine (C=N–C) groups is 1. The summed E-state index contributed by atoms with van der Waals surface area (Å²) < 4.78 is 5.37. The Morgan fingerprint density at radius 3 is 2.63 bits per heavy atom. The van der Waals surface area contributed by atoms with E-state index in [2.05, 4.69) is 46.4 Å². The number of morpholine rings is 1. The van der Waals surface area contributed by atoms with Crippen molar-refractivity contribution < 1.29 is 4.74 Å². The van der Waals surface area contributed by atoms with E-state index in [0.29, 0.717) is 6.04 Å². The number of hydrogen-bond donors (Lipinski definition) is 1. The van der Waals surface area contributed by atoms with Gasteiger partial charge in [0, 0.05) is 30.2 Å². The van der Waals surface area contributed by atoms with Crippen molar-refractivity contribution in [2.75, 3.05) is 42.3 Å². The lowest BCUT2D eigenvalue weighted by molar-refractivity contribution is 0.122. The zero-order valence-corrected chi connectivity index (χ0v) is 11.9.